The average molecular weight is 446 g/mol. The van der Waals surface area contributed by atoms with Crippen LogP contribution in [0.1, 0.15) is 69.2 Å². The summed E-state index contributed by atoms with van der Waals surface area (Å²) in [7, 11) is 0. The van der Waals surface area contributed by atoms with Crippen LogP contribution in [0.25, 0.3) is 0 Å². The first kappa shape index (κ1) is 32.3. The minimum atomic E-state index is -0.139. The summed E-state index contributed by atoms with van der Waals surface area (Å²) < 4.78 is 0. The number of hydrogen-bond acceptors (Lipinski definition) is 0. The van der Waals surface area contributed by atoms with Crippen LogP contribution in [0.4, 0.5) is 0 Å². The molecule has 0 heterocycles. The maximum atomic E-state index is 2.31. The zero-order valence-electron chi connectivity index (χ0n) is 20.2. The largest absolute Gasteiger partial charge is 0.358 e. The van der Waals surface area contributed by atoms with E-state index < -0.39 is 0 Å². The normalized spacial score (nSPS) is 23.0. The van der Waals surface area contributed by atoms with E-state index in [1.54, 1.807) is 0 Å². The molecule has 2 fully saturated rings. The maximum Gasteiger partial charge on any atom is 0.251 e. The molecule has 2 aliphatic rings. The molecule has 145 valence electrons. The van der Waals surface area contributed by atoms with Gasteiger partial charge in [-0.2, -0.15) is 0 Å². The van der Waals surface area contributed by atoms with Crippen molar-refractivity contribution in [2.45, 2.75) is 86.6 Å². The summed E-state index contributed by atoms with van der Waals surface area (Å²) in [5.41, 5.74) is 0. The predicted octanol–water partition coefficient (Wildman–Crippen LogP) is 7.76. The van der Waals surface area contributed by atoms with Crippen LogP contribution in [0, 0.1) is 66.6 Å². The predicted molar refractivity (Wildman–Crippen MR) is 119 cm³/mol. The van der Waals surface area contributed by atoms with E-state index in [0.29, 0.717) is 0 Å². The second-order valence-electron chi connectivity index (χ2n) is 7.98. The van der Waals surface area contributed by atoms with Gasteiger partial charge < -0.3 is 7.43 Å². The van der Waals surface area contributed by atoms with Crippen molar-refractivity contribution in [3.05, 3.63) is 66.6 Å². The van der Waals surface area contributed by atoms with E-state index in [1.165, 1.54) is 59.2 Å². The molecule has 0 aromatic heterocycles. The van der Waals surface area contributed by atoms with Crippen molar-refractivity contribution in [3.8, 4) is 0 Å². The van der Waals surface area contributed by atoms with E-state index in [9.17, 15) is 0 Å². The van der Waals surface area contributed by atoms with Crippen molar-refractivity contribution in [3.63, 3.8) is 0 Å². The Balaban J connectivity index is -0.000000319. The average Bonchev–Trinajstić information content (AvgIpc) is 2.78. The summed E-state index contributed by atoms with van der Waals surface area (Å²) in [6.45, 7) is 22.0. The molecule has 0 bridgehead atoms. The van der Waals surface area contributed by atoms with E-state index in [0.717, 1.165) is 0 Å². The molecule has 0 spiro atoms. The number of rotatable bonds is 0. The van der Waals surface area contributed by atoms with E-state index in [-0.39, 0.29) is 54.3 Å². The summed E-state index contributed by atoms with van der Waals surface area (Å²) in [6.07, 6.45) is 0. The Hall–Kier alpha value is 1.64. The van der Waals surface area contributed by atoms with Gasteiger partial charge in [-0.25, -0.2) is 0 Å². The van der Waals surface area contributed by atoms with Crippen LogP contribution in [0.2, 0.25) is 17.4 Å². The van der Waals surface area contributed by atoms with Gasteiger partial charge >= 0.3 is 0 Å². The van der Waals surface area contributed by atoms with Crippen molar-refractivity contribution < 1.29 is 32.7 Å². The van der Waals surface area contributed by atoms with Gasteiger partial charge in [-0.3, -0.25) is 0 Å². The van der Waals surface area contributed by atoms with Gasteiger partial charge in [0.25, 0.3) is 14.1 Å². The van der Waals surface area contributed by atoms with Crippen LogP contribution in [0.3, 0.4) is 0 Å². The fraction of sp³-hybridized carbons (Fsp3) is 0.542. The molecule has 0 unspecified atom stereocenters. The van der Waals surface area contributed by atoms with Crippen LogP contribution < -0.4 is 0 Å². The quantitative estimate of drug-likeness (QED) is 0.263. The summed E-state index contributed by atoms with van der Waals surface area (Å²) in [5, 5.41) is 0. The van der Waals surface area contributed by atoms with Crippen molar-refractivity contribution in [1.29, 1.82) is 0 Å². The first-order chi connectivity index (χ1) is 10.8. The molecule has 0 aromatic carbocycles. The van der Waals surface area contributed by atoms with Gasteiger partial charge in [0.15, 0.2) is 0 Å². The Morgan fingerprint density at radius 3 is 0.423 bits per heavy atom. The second kappa shape index (κ2) is 14.6. The Labute approximate surface area is 198 Å². The molecule has 26 heavy (non-hydrogen) atoms. The van der Waals surface area contributed by atoms with Gasteiger partial charge in [0.05, 0.1) is 0 Å². The molecule has 0 nitrogen and oxygen atoms in total. The monoisotopic (exact) mass is 446 g/mol. The minimum Gasteiger partial charge on any atom is -0.358 e. The molecule has 2 rings (SSSR count). The third kappa shape index (κ3) is 8.98. The molecular formula is C24H42AlY-. The van der Waals surface area contributed by atoms with Crippen LogP contribution in [-0.2, 0) is 32.7 Å². The molecule has 0 atom stereocenters. The molecule has 0 amide bonds. The van der Waals surface area contributed by atoms with E-state index >= 15 is 0 Å². The van der Waals surface area contributed by atoms with Gasteiger partial charge in [0, 0.05) is 32.7 Å². The Kier molecular flexibility index (Phi) is 18.1. The zero-order chi connectivity index (χ0) is 19.4. The molecule has 0 N–H and O–H groups in total. The molecule has 0 saturated heterocycles. The van der Waals surface area contributed by atoms with Crippen LogP contribution >= 0.6 is 0 Å². The molecular weight excluding hydrogens is 404 g/mol. The molecule has 0 aliphatic heterocycles. The third-order valence-corrected chi connectivity index (χ3v) is 5.62. The molecule has 2 aliphatic carbocycles. The first-order valence-electron chi connectivity index (χ1n) is 9.23. The van der Waals surface area contributed by atoms with Crippen molar-refractivity contribution in [2.24, 2.45) is 0 Å². The van der Waals surface area contributed by atoms with Gasteiger partial charge in [-0.15, -0.1) is 17.4 Å². The van der Waals surface area contributed by atoms with E-state index in [1.807, 2.05) is 0 Å². The molecule has 0 aromatic rings. The Morgan fingerprint density at radius 1 is 0.346 bits per heavy atom. The van der Waals surface area contributed by atoms with Crippen LogP contribution in [-0.4, -0.2) is 14.1 Å². The number of hydrogen-bond donors (Lipinski definition) is 0. The summed E-state index contributed by atoms with van der Waals surface area (Å²) in [6, 6.07) is 0. The van der Waals surface area contributed by atoms with Gasteiger partial charge in [0.2, 0.25) is 0 Å². The van der Waals surface area contributed by atoms with Crippen molar-refractivity contribution in [2.75, 3.05) is 0 Å². The SMILES string of the molecule is C[C]1[C](C)[C](C)[C](C)[C]1C.C[C]1[C](C)[C](C)[C](C)[C]1C.[CH3-].[CH3][Al]([CH3])[CH3].[Y]. The Morgan fingerprint density at radius 2 is 0.385 bits per heavy atom. The summed E-state index contributed by atoms with van der Waals surface area (Å²) in [4.78, 5) is 0. The van der Waals surface area contributed by atoms with Gasteiger partial charge in [0.1, 0.15) is 0 Å². The topological polar surface area (TPSA) is 0 Å². The molecule has 2 heteroatoms. The van der Waals surface area contributed by atoms with Crippen molar-refractivity contribution >= 4 is 14.1 Å². The molecule has 11 radical (unpaired) electrons. The van der Waals surface area contributed by atoms with E-state index in [4.69, 9.17) is 0 Å². The van der Waals surface area contributed by atoms with E-state index in [2.05, 4.69) is 86.6 Å². The maximum absolute atomic E-state index is 2.31. The van der Waals surface area contributed by atoms with Gasteiger partial charge in [-0.05, 0) is 59.2 Å². The van der Waals surface area contributed by atoms with Crippen LogP contribution in [0.5, 0.6) is 0 Å². The summed E-state index contributed by atoms with van der Waals surface area (Å²) in [5.74, 6) is 21.6. The fourth-order valence-electron chi connectivity index (χ4n) is 2.81. The standard InChI is InChI=1S/2C10H15.4CH3.Al.Y/c2*1-6-7(2)9(4)10(5)8(6)3;;;;;;/h2*1-5H3;4*1H3;;/q;;;;;-1;;. The summed E-state index contributed by atoms with van der Waals surface area (Å²) >= 11 is -0.139. The third-order valence-electron chi connectivity index (χ3n) is 5.62. The minimum absolute atomic E-state index is 0. The van der Waals surface area contributed by atoms with Crippen LogP contribution in [0.15, 0.2) is 0 Å². The van der Waals surface area contributed by atoms with Gasteiger partial charge in [-0.1, -0.05) is 69.2 Å². The second-order valence-corrected chi connectivity index (χ2v) is 11.4. The Bertz CT molecular complexity index is 221. The first-order valence-corrected chi connectivity index (χ1v) is 12.7. The fourth-order valence-corrected chi connectivity index (χ4v) is 2.81. The smallest absolute Gasteiger partial charge is 0.251 e. The zero-order valence-corrected chi connectivity index (χ0v) is 24.1. The van der Waals surface area contributed by atoms with Crippen molar-refractivity contribution in [1.82, 2.24) is 0 Å². The molecule has 2 saturated carbocycles.